The summed E-state index contributed by atoms with van der Waals surface area (Å²) in [6, 6.07) is 0. The topological polar surface area (TPSA) is 46.5 Å². The van der Waals surface area contributed by atoms with E-state index < -0.39 is 5.97 Å². The van der Waals surface area contributed by atoms with Gasteiger partial charge in [-0.3, -0.25) is 4.79 Å². The van der Waals surface area contributed by atoms with Crippen LogP contribution in [0.5, 0.6) is 0 Å². The zero-order valence-electron chi connectivity index (χ0n) is 6.46. The first kappa shape index (κ1) is 9.43. The van der Waals surface area contributed by atoms with E-state index in [0.717, 1.165) is 0 Å². The molecule has 0 aliphatic heterocycles. The molecule has 1 atom stereocenters. The number of carboxylic acids is 1. The van der Waals surface area contributed by atoms with Crippen molar-refractivity contribution in [3.8, 4) is 0 Å². The van der Waals surface area contributed by atoms with Crippen LogP contribution < -0.4 is 0 Å². The van der Waals surface area contributed by atoms with E-state index in [1.54, 1.807) is 0 Å². The summed E-state index contributed by atoms with van der Waals surface area (Å²) in [6.45, 7) is 4.62. The van der Waals surface area contributed by atoms with Gasteiger partial charge in [-0.2, -0.15) is 0 Å². The highest BCUT2D eigenvalue weighted by Crippen LogP contribution is 2.02. The van der Waals surface area contributed by atoms with Crippen LogP contribution >= 0.6 is 0 Å². The van der Waals surface area contributed by atoms with Crippen LogP contribution in [-0.4, -0.2) is 24.3 Å². The van der Waals surface area contributed by atoms with Crippen molar-refractivity contribution in [2.75, 3.05) is 13.2 Å². The zero-order chi connectivity index (χ0) is 7.98. The molecule has 0 aromatic heterocycles. The number of hydrogen-bond acceptors (Lipinski definition) is 2. The van der Waals surface area contributed by atoms with Crippen LogP contribution in [-0.2, 0) is 9.53 Å². The second-order valence-electron chi connectivity index (χ2n) is 2.10. The summed E-state index contributed by atoms with van der Waals surface area (Å²) in [6.07, 6.45) is 0.634. The summed E-state index contributed by atoms with van der Waals surface area (Å²) in [5.74, 6) is -1.10. The summed E-state index contributed by atoms with van der Waals surface area (Å²) in [4.78, 5) is 10.4. The fourth-order valence-electron chi connectivity index (χ4n) is 0.624. The molecule has 0 heterocycles. The van der Waals surface area contributed by atoms with E-state index in [1.807, 2.05) is 13.8 Å². The number of hydrogen-bond donors (Lipinski definition) is 1. The van der Waals surface area contributed by atoms with Crippen molar-refractivity contribution in [3.63, 3.8) is 0 Å². The minimum atomic E-state index is -0.768. The highest BCUT2D eigenvalue weighted by atomic mass is 16.5. The lowest BCUT2D eigenvalue weighted by atomic mass is 10.1. The summed E-state index contributed by atoms with van der Waals surface area (Å²) in [7, 11) is 0. The average molecular weight is 146 g/mol. The van der Waals surface area contributed by atoms with Crippen molar-refractivity contribution >= 4 is 5.97 Å². The molecule has 0 aromatic carbocycles. The fraction of sp³-hybridized carbons (Fsp3) is 0.857. The molecule has 0 aliphatic rings. The smallest absolute Gasteiger partial charge is 0.308 e. The van der Waals surface area contributed by atoms with Gasteiger partial charge in [0.15, 0.2) is 0 Å². The summed E-state index contributed by atoms with van der Waals surface area (Å²) in [5.41, 5.74) is 0. The van der Waals surface area contributed by atoms with E-state index in [-0.39, 0.29) is 5.92 Å². The molecular weight excluding hydrogens is 132 g/mol. The van der Waals surface area contributed by atoms with E-state index >= 15 is 0 Å². The maximum atomic E-state index is 10.4. The second kappa shape index (κ2) is 5.23. The first-order chi connectivity index (χ1) is 4.72. The fourth-order valence-corrected chi connectivity index (χ4v) is 0.624. The highest BCUT2D eigenvalue weighted by Gasteiger charge is 2.13. The zero-order valence-corrected chi connectivity index (χ0v) is 6.46. The Morgan fingerprint density at radius 3 is 2.50 bits per heavy atom. The maximum absolute atomic E-state index is 10.4. The molecule has 0 fully saturated rings. The molecule has 10 heavy (non-hydrogen) atoms. The van der Waals surface area contributed by atoms with Crippen LogP contribution in [0.25, 0.3) is 0 Å². The van der Waals surface area contributed by atoms with Crippen LogP contribution in [0.15, 0.2) is 0 Å². The Labute approximate surface area is 61.0 Å². The Morgan fingerprint density at radius 2 is 2.20 bits per heavy atom. The molecule has 0 amide bonds. The lowest BCUT2D eigenvalue weighted by molar-refractivity contribution is -0.143. The standard InChI is InChI=1S/C7H14O3/c1-3-6(7(8)9)5-10-4-2/h6H,3-5H2,1-2H3,(H,8,9). The Bertz CT molecular complexity index is 101. The van der Waals surface area contributed by atoms with Gasteiger partial charge in [-0.05, 0) is 13.3 Å². The van der Waals surface area contributed by atoms with Crippen molar-refractivity contribution in [1.29, 1.82) is 0 Å². The predicted molar refractivity (Wildman–Crippen MR) is 37.9 cm³/mol. The first-order valence-corrected chi connectivity index (χ1v) is 3.52. The quantitative estimate of drug-likeness (QED) is 0.632. The molecule has 3 nitrogen and oxygen atoms in total. The molecule has 0 saturated heterocycles. The van der Waals surface area contributed by atoms with E-state index in [4.69, 9.17) is 9.84 Å². The van der Waals surface area contributed by atoms with Crippen LogP contribution in [0.4, 0.5) is 0 Å². The molecule has 0 radical (unpaired) electrons. The normalized spacial score (nSPS) is 13.0. The van der Waals surface area contributed by atoms with Crippen LogP contribution in [0.2, 0.25) is 0 Å². The Balaban J connectivity index is 3.50. The van der Waals surface area contributed by atoms with Gasteiger partial charge in [-0.1, -0.05) is 6.92 Å². The van der Waals surface area contributed by atoms with Crippen LogP contribution in [0.3, 0.4) is 0 Å². The predicted octanol–water partition coefficient (Wildman–Crippen LogP) is 1.13. The number of carbonyl (C=O) groups is 1. The second-order valence-corrected chi connectivity index (χ2v) is 2.10. The van der Waals surface area contributed by atoms with Gasteiger partial charge in [0.05, 0.1) is 12.5 Å². The third-order valence-electron chi connectivity index (χ3n) is 1.37. The molecule has 0 spiro atoms. The molecule has 0 saturated carbocycles. The number of aliphatic carboxylic acids is 1. The molecule has 1 unspecified atom stereocenters. The maximum Gasteiger partial charge on any atom is 0.308 e. The van der Waals surface area contributed by atoms with Gasteiger partial charge in [0.1, 0.15) is 0 Å². The Kier molecular flexibility index (Phi) is 4.94. The van der Waals surface area contributed by atoms with Crippen molar-refractivity contribution in [1.82, 2.24) is 0 Å². The third-order valence-corrected chi connectivity index (χ3v) is 1.37. The SMILES string of the molecule is CCOCC(CC)C(=O)O. The molecule has 1 N–H and O–H groups in total. The van der Waals surface area contributed by atoms with E-state index in [2.05, 4.69) is 0 Å². The van der Waals surface area contributed by atoms with Crippen molar-refractivity contribution < 1.29 is 14.6 Å². The molecular formula is C7H14O3. The van der Waals surface area contributed by atoms with Crippen LogP contribution in [0.1, 0.15) is 20.3 Å². The van der Waals surface area contributed by atoms with E-state index in [9.17, 15) is 4.79 Å². The molecule has 3 heteroatoms. The van der Waals surface area contributed by atoms with Gasteiger partial charge in [-0.15, -0.1) is 0 Å². The summed E-state index contributed by atoms with van der Waals surface area (Å²) >= 11 is 0. The number of rotatable bonds is 5. The molecule has 0 aliphatic carbocycles. The molecule has 0 aromatic rings. The van der Waals surface area contributed by atoms with Gasteiger partial charge in [0.2, 0.25) is 0 Å². The van der Waals surface area contributed by atoms with Gasteiger partial charge in [0, 0.05) is 6.61 Å². The van der Waals surface area contributed by atoms with Gasteiger partial charge >= 0.3 is 5.97 Å². The van der Waals surface area contributed by atoms with E-state index in [1.165, 1.54) is 0 Å². The molecule has 0 rings (SSSR count). The van der Waals surface area contributed by atoms with Gasteiger partial charge in [0.25, 0.3) is 0 Å². The minimum absolute atomic E-state index is 0.333. The first-order valence-electron chi connectivity index (χ1n) is 3.52. The van der Waals surface area contributed by atoms with Gasteiger partial charge in [-0.25, -0.2) is 0 Å². The lowest BCUT2D eigenvalue weighted by Gasteiger charge is -2.07. The number of ether oxygens (including phenoxy) is 1. The van der Waals surface area contributed by atoms with Crippen molar-refractivity contribution in [2.24, 2.45) is 5.92 Å². The molecule has 60 valence electrons. The van der Waals surface area contributed by atoms with Crippen LogP contribution in [0, 0.1) is 5.92 Å². The average Bonchev–Trinajstić information content (AvgIpc) is 1.89. The largest absolute Gasteiger partial charge is 0.481 e. The Hall–Kier alpha value is -0.570. The van der Waals surface area contributed by atoms with Crippen molar-refractivity contribution in [2.45, 2.75) is 20.3 Å². The van der Waals surface area contributed by atoms with Gasteiger partial charge < -0.3 is 9.84 Å². The molecule has 0 bridgehead atoms. The summed E-state index contributed by atoms with van der Waals surface area (Å²) in [5, 5.41) is 8.52. The van der Waals surface area contributed by atoms with Crippen molar-refractivity contribution in [3.05, 3.63) is 0 Å². The third kappa shape index (κ3) is 3.45. The lowest BCUT2D eigenvalue weighted by Crippen LogP contribution is -2.18. The monoisotopic (exact) mass is 146 g/mol. The Morgan fingerprint density at radius 1 is 1.60 bits per heavy atom. The minimum Gasteiger partial charge on any atom is -0.481 e. The number of carboxylic acid groups (broad SMARTS) is 1. The van der Waals surface area contributed by atoms with E-state index in [0.29, 0.717) is 19.6 Å². The summed E-state index contributed by atoms with van der Waals surface area (Å²) < 4.78 is 4.97. The highest BCUT2D eigenvalue weighted by molar-refractivity contribution is 5.69.